The number of nitrogens with zero attached hydrogens (tertiary/aromatic N) is 5. The van der Waals surface area contributed by atoms with E-state index in [1.807, 2.05) is 37.5 Å². The van der Waals surface area contributed by atoms with E-state index >= 15 is 0 Å². The number of piperidine rings is 1. The van der Waals surface area contributed by atoms with Crippen LogP contribution in [-0.2, 0) is 7.05 Å². The number of aryl methyl sites for hydroxylation is 1. The van der Waals surface area contributed by atoms with Crippen LogP contribution in [0, 0.1) is 0 Å². The number of rotatable bonds is 7. The van der Waals surface area contributed by atoms with Crippen LogP contribution in [0.15, 0.2) is 42.7 Å². The van der Waals surface area contributed by atoms with Crippen LogP contribution in [0.1, 0.15) is 36.2 Å². The monoisotopic (exact) mass is 443 g/mol. The first-order chi connectivity index (χ1) is 16.1. The molecule has 0 spiro atoms. The maximum Gasteiger partial charge on any atom is 0.265 e. The molecule has 33 heavy (non-hydrogen) atoms. The molecule has 1 amide bonds. The number of anilines is 1. The smallest absolute Gasteiger partial charge is 0.265 e. The molecule has 0 aromatic carbocycles. The molecule has 0 bridgehead atoms. The van der Waals surface area contributed by atoms with Gasteiger partial charge in [-0.2, -0.15) is 0 Å². The minimum atomic E-state index is -0.468. The number of fused-ring (bicyclic) bond motifs is 2. The average Bonchev–Trinajstić information content (AvgIpc) is 3.18. The molecule has 1 aliphatic rings. The van der Waals surface area contributed by atoms with Crippen molar-refractivity contribution < 1.29 is 4.79 Å². The third-order valence-corrected chi connectivity index (χ3v) is 6.44. The zero-order chi connectivity index (χ0) is 22.8. The van der Waals surface area contributed by atoms with Crippen LogP contribution in [0.25, 0.3) is 33.3 Å². The number of carbonyl (C=O) groups is 1. The number of hydrogen-bond donors (Lipinski definition) is 2. The number of pyridine rings is 3. The summed E-state index contributed by atoms with van der Waals surface area (Å²) in [4.78, 5) is 28.2. The van der Waals surface area contributed by atoms with E-state index in [0.29, 0.717) is 5.69 Å². The molecule has 8 heteroatoms. The highest BCUT2D eigenvalue weighted by Gasteiger charge is 2.14. The van der Waals surface area contributed by atoms with Gasteiger partial charge in [0.25, 0.3) is 5.91 Å². The second-order valence-corrected chi connectivity index (χ2v) is 8.68. The zero-order valence-corrected chi connectivity index (χ0v) is 18.9. The van der Waals surface area contributed by atoms with Crippen molar-refractivity contribution in [2.24, 2.45) is 12.8 Å². The van der Waals surface area contributed by atoms with Gasteiger partial charge in [-0.25, -0.2) is 9.97 Å². The van der Waals surface area contributed by atoms with E-state index in [-0.39, 0.29) is 0 Å². The van der Waals surface area contributed by atoms with Crippen LogP contribution >= 0.6 is 0 Å². The predicted octanol–water partition coefficient (Wildman–Crippen LogP) is 3.57. The van der Waals surface area contributed by atoms with E-state index in [2.05, 4.69) is 15.2 Å². The quantitative estimate of drug-likeness (QED) is 0.424. The second-order valence-electron chi connectivity index (χ2n) is 8.68. The van der Waals surface area contributed by atoms with Crippen molar-refractivity contribution >= 4 is 33.5 Å². The Morgan fingerprint density at radius 3 is 2.70 bits per heavy atom. The SMILES string of the molecule is Cn1c(C(N)=O)cc2nc(-c3cc(NCCCN4CCCCC4)c4cnccc4n3)ccc21. The molecule has 1 fully saturated rings. The first kappa shape index (κ1) is 21.3. The molecule has 1 saturated heterocycles. The van der Waals surface area contributed by atoms with Gasteiger partial charge >= 0.3 is 0 Å². The van der Waals surface area contributed by atoms with Crippen molar-refractivity contribution in [1.29, 1.82) is 0 Å². The van der Waals surface area contributed by atoms with E-state index in [0.717, 1.165) is 58.5 Å². The molecule has 0 radical (unpaired) electrons. The number of amides is 1. The van der Waals surface area contributed by atoms with Gasteiger partial charge in [-0.15, -0.1) is 0 Å². The molecule has 0 aliphatic carbocycles. The molecule has 3 N–H and O–H groups in total. The van der Waals surface area contributed by atoms with Gasteiger partial charge < -0.3 is 20.5 Å². The number of nitrogens with one attached hydrogen (secondary N) is 1. The van der Waals surface area contributed by atoms with Crippen LogP contribution in [0.3, 0.4) is 0 Å². The lowest BCUT2D eigenvalue weighted by atomic mass is 10.1. The normalized spacial score (nSPS) is 14.7. The lowest BCUT2D eigenvalue weighted by Gasteiger charge is -2.26. The summed E-state index contributed by atoms with van der Waals surface area (Å²) < 4.78 is 1.77. The van der Waals surface area contributed by atoms with Gasteiger partial charge in [-0.05, 0) is 69.2 Å². The Labute approximate surface area is 192 Å². The van der Waals surface area contributed by atoms with Gasteiger partial charge in [0.2, 0.25) is 0 Å². The summed E-state index contributed by atoms with van der Waals surface area (Å²) in [6.45, 7) is 4.45. The molecule has 4 aromatic heterocycles. The van der Waals surface area contributed by atoms with Crippen molar-refractivity contribution in [3.8, 4) is 11.4 Å². The van der Waals surface area contributed by atoms with Gasteiger partial charge in [-0.1, -0.05) is 6.42 Å². The van der Waals surface area contributed by atoms with Crippen LogP contribution < -0.4 is 11.1 Å². The van der Waals surface area contributed by atoms with E-state index in [1.165, 1.54) is 32.4 Å². The standard InChI is InChI=1S/C25H29N7O/c1-31-23-7-6-19(30-22(23)15-24(31)25(26)33)21-14-20(17-16-27-10-8-18(17)29-21)28-9-5-13-32-11-3-2-4-12-32/h6-8,10,14-16H,2-5,9,11-13H2,1H3,(H2,26,33)(H,28,29). The molecular formula is C25H29N7O. The number of aromatic nitrogens is 4. The molecular weight excluding hydrogens is 414 g/mol. The fourth-order valence-corrected chi connectivity index (χ4v) is 4.65. The van der Waals surface area contributed by atoms with Crippen LogP contribution in [0.5, 0.6) is 0 Å². The van der Waals surface area contributed by atoms with Gasteiger partial charge in [-0.3, -0.25) is 9.78 Å². The first-order valence-corrected chi connectivity index (χ1v) is 11.6. The Morgan fingerprint density at radius 2 is 1.88 bits per heavy atom. The third kappa shape index (κ3) is 4.39. The first-order valence-electron chi connectivity index (χ1n) is 11.6. The summed E-state index contributed by atoms with van der Waals surface area (Å²) in [7, 11) is 1.82. The summed E-state index contributed by atoms with van der Waals surface area (Å²) in [5, 5.41) is 4.60. The minimum Gasteiger partial charge on any atom is -0.384 e. The Hall–Kier alpha value is -3.52. The fraction of sp³-hybridized carbons (Fsp3) is 0.360. The Bertz CT molecular complexity index is 1310. The lowest BCUT2D eigenvalue weighted by molar-refractivity contribution is 0.0993. The number of likely N-dealkylation sites (tertiary alicyclic amines) is 1. The van der Waals surface area contributed by atoms with E-state index in [4.69, 9.17) is 15.7 Å². The molecule has 5 rings (SSSR count). The van der Waals surface area contributed by atoms with Crippen molar-refractivity contribution in [3.05, 3.63) is 48.4 Å². The molecule has 4 aromatic rings. The van der Waals surface area contributed by atoms with Gasteiger partial charge in [0.05, 0.1) is 27.9 Å². The number of primary amides is 1. The van der Waals surface area contributed by atoms with E-state index in [9.17, 15) is 4.79 Å². The van der Waals surface area contributed by atoms with Crippen molar-refractivity contribution in [2.75, 3.05) is 31.5 Å². The number of carbonyl (C=O) groups excluding carboxylic acids is 1. The van der Waals surface area contributed by atoms with Crippen molar-refractivity contribution in [1.82, 2.24) is 24.4 Å². The van der Waals surface area contributed by atoms with Crippen molar-refractivity contribution in [3.63, 3.8) is 0 Å². The molecule has 0 atom stereocenters. The molecule has 8 nitrogen and oxygen atoms in total. The number of hydrogen-bond acceptors (Lipinski definition) is 6. The molecule has 0 unspecified atom stereocenters. The Kier molecular flexibility index (Phi) is 5.92. The molecule has 170 valence electrons. The molecule has 0 saturated carbocycles. The average molecular weight is 444 g/mol. The topological polar surface area (TPSA) is 102 Å². The highest BCUT2D eigenvalue weighted by molar-refractivity contribution is 5.97. The Balaban J connectivity index is 1.42. The van der Waals surface area contributed by atoms with Gasteiger partial charge in [0.15, 0.2) is 0 Å². The van der Waals surface area contributed by atoms with E-state index < -0.39 is 5.91 Å². The largest absolute Gasteiger partial charge is 0.384 e. The summed E-state index contributed by atoms with van der Waals surface area (Å²) in [5.74, 6) is -0.468. The zero-order valence-electron chi connectivity index (χ0n) is 18.9. The minimum absolute atomic E-state index is 0.434. The molecule has 5 heterocycles. The summed E-state index contributed by atoms with van der Waals surface area (Å²) in [6, 6.07) is 9.57. The Morgan fingerprint density at radius 1 is 1.06 bits per heavy atom. The predicted molar refractivity (Wildman–Crippen MR) is 131 cm³/mol. The van der Waals surface area contributed by atoms with Crippen molar-refractivity contribution in [2.45, 2.75) is 25.7 Å². The van der Waals surface area contributed by atoms with Gasteiger partial charge in [0, 0.05) is 37.1 Å². The third-order valence-electron chi connectivity index (χ3n) is 6.44. The van der Waals surface area contributed by atoms with Crippen LogP contribution in [0.2, 0.25) is 0 Å². The highest BCUT2D eigenvalue weighted by Crippen LogP contribution is 2.28. The second kappa shape index (κ2) is 9.15. The fourth-order valence-electron chi connectivity index (χ4n) is 4.65. The van der Waals surface area contributed by atoms with Gasteiger partial charge in [0.1, 0.15) is 5.69 Å². The van der Waals surface area contributed by atoms with Crippen LogP contribution in [-0.4, -0.2) is 56.5 Å². The van der Waals surface area contributed by atoms with Crippen LogP contribution in [0.4, 0.5) is 5.69 Å². The number of nitrogens with two attached hydrogens (primary N) is 1. The lowest BCUT2D eigenvalue weighted by Crippen LogP contribution is -2.31. The maximum absolute atomic E-state index is 11.7. The van der Waals surface area contributed by atoms with E-state index in [1.54, 1.807) is 16.8 Å². The summed E-state index contributed by atoms with van der Waals surface area (Å²) >= 11 is 0. The highest BCUT2D eigenvalue weighted by atomic mass is 16.1. The summed E-state index contributed by atoms with van der Waals surface area (Å²) in [6.07, 6.45) is 8.69. The summed E-state index contributed by atoms with van der Waals surface area (Å²) in [5.41, 5.74) is 10.9. The maximum atomic E-state index is 11.7. The molecule has 1 aliphatic heterocycles.